The van der Waals surface area contributed by atoms with Crippen molar-refractivity contribution < 1.29 is 29.6 Å². The Kier molecular flexibility index (Phi) is 5.29. The summed E-state index contributed by atoms with van der Waals surface area (Å²) in [5.74, 6) is -0.826. The van der Waals surface area contributed by atoms with Crippen molar-refractivity contribution in [1.82, 2.24) is 5.32 Å². The zero-order chi connectivity index (χ0) is 13.0. The monoisotopic (exact) mass is 249 g/mol. The third-order valence-electron chi connectivity index (χ3n) is 2.83. The van der Waals surface area contributed by atoms with E-state index in [0.29, 0.717) is 0 Å². The van der Waals surface area contributed by atoms with Gasteiger partial charge in [0.15, 0.2) is 6.29 Å². The van der Waals surface area contributed by atoms with E-state index in [4.69, 9.17) is 14.6 Å². The van der Waals surface area contributed by atoms with Crippen LogP contribution in [0.3, 0.4) is 0 Å². The van der Waals surface area contributed by atoms with Crippen LogP contribution in [0, 0.1) is 5.92 Å². The van der Waals surface area contributed by atoms with Gasteiger partial charge in [0.1, 0.15) is 12.2 Å². The van der Waals surface area contributed by atoms with Crippen molar-refractivity contribution >= 4 is 5.91 Å². The number of amides is 1. The maximum absolute atomic E-state index is 10.8. The van der Waals surface area contributed by atoms with Gasteiger partial charge < -0.3 is 30.1 Å². The van der Waals surface area contributed by atoms with Crippen LogP contribution in [0.15, 0.2) is 0 Å². The van der Waals surface area contributed by atoms with Crippen LogP contribution >= 0.6 is 0 Å². The van der Waals surface area contributed by atoms with Gasteiger partial charge in [-0.3, -0.25) is 4.79 Å². The molecule has 7 nitrogen and oxygen atoms in total. The molecule has 0 aliphatic carbocycles. The highest BCUT2D eigenvalue weighted by Crippen LogP contribution is 2.26. The Hall–Kier alpha value is -0.730. The van der Waals surface area contributed by atoms with E-state index >= 15 is 0 Å². The fourth-order valence-electron chi connectivity index (χ4n) is 1.85. The van der Waals surface area contributed by atoms with Crippen molar-refractivity contribution in [2.24, 2.45) is 5.92 Å². The standard InChI is InChI=1S/C10H19NO6/c1-5(13)11-3-6-8(14)9(15)7(4-12)17-10(6)16-2/h6-10,12,14-15H,3-4H2,1-2H3,(H,11,13)/t6-,7-,8-,9+,10-/m1/s1. The molecule has 1 rings (SSSR count). The molecule has 1 saturated heterocycles. The predicted molar refractivity (Wildman–Crippen MR) is 56.9 cm³/mol. The first-order valence-corrected chi connectivity index (χ1v) is 5.41. The van der Waals surface area contributed by atoms with Crippen molar-refractivity contribution in [3.63, 3.8) is 0 Å². The Balaban J connectivity index is 2.68. The van der Waals surface area contributed by atoms with Crippen LogP contribution in [0.25, 0.3) is 0 Å². The van der Waals surface area contributed by atoms with E-state index in [-0.39, 0.29) is 12.5 Å². The Labute approximate surface area is 99.3 Å². The molecule has 5 atom stereocenters. The number of ether oxygens (including phenoxy) is 2. The minimum atomic E-state index is -1.20. The van der Waals surface area contributed by atoms with Gasteiger partial charge in [-0.05, 0) is 0 Å². The molecule has 1 aliphatic heterocycles. The van der Waals surface area contributed by atoms with E-state index in [2.05, 4.69) is 5.32 Å². The lowest BCUT2D eigenvalue weighted by molar-refractivity contribution is -0.277. The van der Waals surface area contributed by atoms with Crippen molar-refractivity contribution in [3.8, 4) is 0 Å². The third kappa shape index (κ3) is 3.36. The highest BCUT2D eigenvalue weighted by atomic mass is 16.7. The van der Waals surface area contributed by atoms with Crippen LogP contribution in [0.1, 0.15) is 6.92 Å². The van der Waals surface area contributed by atoms with Gasteiger partial charge in [0.2, 0.25) is 5.91 Å². The molecular weight excluding hydrogens is 230 g/mol. The summed E-state index contributed by atoms with van der Waals surface area (Å²) >= 11 is 0. The summed E-state index contributed by atoms with van der Waals surface area (Å²) in [5.41, 5.74) is 0. The van der Waals surface area contributed by atoms with E-state index < -0.39 is 37.1 Å². The van der Waals surface area contributed by atoms with Gasteiger partial charge in [-0.1, -0.05) is 0 Å². The number of carbonyl (C=O) groups excluding carboxylic acids is 1. The molecule has 7 heteroatoms. The van der Waals surface area contributed by atoms with E-state index in [1.165, 1.54) is 14.0 Å². The Morgan fingerprint density at radius 2 is 2.06 bits per heavy atom. The van der Waals surface area contributed by atoms with Crippen molar-refractivity contribution in [2.75, 3.05) is 20.3 Å². The minimum Gasteiger partial charge on any atom is -0.394 e. The summed E-state index contributed by atoms with van der Waals surface area (Å²) in [6.45, 7) is 1.07. The molecule has 0 aromatic heterocycles. The molecule has 0 saturated carbocycles. The zero-order valence-electron chi connectivity index (χ0n) is 9.87. The molecule has 0 bridgehead atoms. The molecule has 0 spiro atoms. The molecule has 1 amide bonds. The molecule has 1 heterocycles. The number of aliphatic hydroxyl groups excluding tert-OH is 3. The van der Waals surface area contributed by atoms with Gasteiger partial charge in [0.05, 0.1) is 18.6 Å². The van der Waals surface area contributed by atoms with Crippen LogP contribution in [0.4, 0.5) is 0 Å². The number of hydrogen-bond acceptors (Lipinski definition) is 6. The number of methoxy groups -OCH3 is 1. The smallest absolute Gasteiger partial charge is 0.216 e. The molecular formula is C10H19NO6. The molecule has 1 fully saturated rings. The number of nitrogens with one attached hydrogen (secondary N) is 1. The normalized spacial score (nSPS) is 37.8. The predicted octanol–water partition coefficient (Wildman–Crippen LogP) is -2.18. The zero-order valence-corrected chi connectivity index (χ0v) is 9.87. The van der Waals surface area contributed by atoms with Crippen LogP contribution in [-0.2, 0) is 14.3 Å². The second-order valence-corrected chi connectivity index (χ2v) is 4.04. The topological polar surface area (TPSA) is 108 Å². The first-order valence-electron chi connectivity index (χ1n) is 5.41. The summed E-state index contributed by atoms with van der Waals surface area (Å²) in [4.78, 5) is 10.8. The fourth-order valence-corrected chi connectivity index (χ4v) is 1.85. The Morgan fingerprint density at radius 3 is 2.53 bits per heavy atom. The van der Waals surface area contributed by atoms with E-state index in [1.54, 1.807) is 0 Å². The molecule has 0 aromatic carbocycles. The number of rotatable bonds is 4. The average Bonchev–Trinajstić information content (AvgIpc) is 2.30. The summed E-state index contributed by atoms with van der Waals surface area (Å²) in [5, 5.41) is 31.1. The quantitative estimate of drug-likeness (QED) is 0.451. The number of hydrogen-bond donors (Lipinski definition) is 4. The average molecular weight is 249 g/mol. The summed E-state index contributed by atoms with van der Waals surface area (Å²) in [6, 6.07) is 0. The molecule has 17 heavy (non-hydrogen) atoms. The first kappa shape index (κ1) is 14.3. The Morgan fingerprint density at radius 1 is 1.41 bits per heavy atom. The molecule has 4 N–H and O–H groups in total. The first-order chi connectivity index (χ1) is 8.01. The number of aliphatic hydroxyl groups is 3. The highest BCUT2D eigenvalue weighted by Gasteiger charge is 2.44. The lowest BCUT2D eigenvalue weighted by Gasteiger charge is -2.41. The van der Waals surface area contributed by atoms with E-state index in [1.807, 2.05) is 0 Å². The second-order valence-electron chi connectivity index (χ2n) is 4.04. The lowest BCUT2D eigenvalue weighted by atomic mass is 9.91. The van der Waals surface area contributed by atoms with E-state index in [0.717, 1.165) is 0 Å². The molecule has 100 valence electrons. The lowest BCUT2D eigenvalue weighted by Crippen LogP contribution is -2.58. The van der Waals surface area contributed by atoms with Crippen LogP contribution < -0.4 is 5.32 Å². The van der Waals surface area contributed by atoms with Crippen molar-refractivity contribution in [3.05, 3.63) is 0 Å². The molecule has 0 radical (unpaired) electrons. The Bertz CT molecular complexity index is 259. The van der Waals surface area contributed by atoms with Crippen molar-refractivity contribution in [1.29, 1.82) is 0 Å². The SMILES string of the molecule is CO[C@@H]1O[C@H](CO)[C@H](O)[C@H](O)[C@H]1CNC(C)=O. The summed E-state index contributed by atoms with van der Waals surface area (Å²) in [6.07, 6.45) is -4.00. The van der Waals surface area contributed by atoms with Crippen LogP contribution in [0.2, 0.25) is 0 Å². The molecule has 1 aliphatic rings. The minimum absolute atomic E-state index is 0.129. The molecule has 0 aromatic rings. The molecule has 0 unspecified atom stereocenters. The fraction of sp³-hybridized carbons (Fsp3) is 0.900. The summed E-state index contributed by atoms with van der Waals surface area (Å²) < 4.78 is 10.3. The van der Waals surface area contributed by atoms with Gasteiger partial charge in [-0.15, -0.1) is 0 Å². The van der Waals surface area contributed by atoms with E-state index in [9.17, 15) is 15.0 Å². The largest absolute Gasteiger partial charge is 0.394 e. The van der Waals surface area contributed by atoms with Gasteiger partial charge in [0.25, 0.3) is 0 Å². The van der Waals surface area contributed by atoms with Gasteiger partial charge in [-0.2, -0.15) is 0 Å². The van der Waals surface area contributed by atoms with Crippen molar-refractivity contribution in [2.45, 2.75) is 31.5 Å². The van der Waals surface area contributed by atoms with Crippen LogP contribution in [-0.4, -0.2) is 66.1 Å². The maximum Gasteiger partial charge on any atom is 0.216 e. The summed E-state index contributed by atoms with van der Waals surface area (Å²) in [7, 11) is 1.39. The van der Waals surface area contributed by atoms with Gasteiger partial charge in [-0.25, -0.2) is 0 Å². The number of carbonyl (C=O) groups is 1. The van der Waals surface area contributed by atoms with Crippen LogP contribution in [0.5, 0.6) is 0 Å². The highest BCUT2D eigenvalue weighted by molar-refractivity contribution is 5.72. The maximum atomic E-state index is 10.8. The van der Waals surface area contributed by atoms with Gasteiger partial charge in [0, 0.05) is 20.6 Å². The second kappa shape index (κ2) is 6.27. The van der Waals surface area contributed by atoms with Gasteiger partial charge >= 0.3 is 0 Å². The third-order valence-corrected chi connectivity index (χ3v) is 2.83.